The summed E-state index contributed by atoms with van der Waals surface area (Å²) in [5, 5.41) is 6.32. The van der Waals surface area contributed by atoms with Crippen LogP contribution in [0.2, 0.25) is 0 Å². The van der Waals surface area contributed by atoms with Gasteiger partial charge in [-0.1, -0.05) is 41.1 Å². The molecule has 6 heteroatoms. The van der Waals surface area contributed by atoms with E-state index in [-0.39, 0.29) is 5.56 Å². The molecule has 0 saturated carbocycles. The molecule has 2 heterocycles. The van der Waals surface area contributed by atoms with Crippen molar-refractivity contribution >= 4 is 44.0 Å². The fraction of sp³-hybridized carbons (Fsp3) is 0.261. The minimum Gasteiger partial charge on any atom is -0.344 e. The molecule has 0 spiro atoms. The van der Waals surface area contributed by atoms with Gasteiger partial charge in [-0.05, 0) is 44.5 Å². The SMILES string of the molecule is CCCc1nc2ccc(Br)cc2c(=O)n1N=Cc1c(C)n(CC)c2ccccc12. The van der Waals surface area contributed by atoms with Crippen LogP contribution in [0.5, 0.6) is 0 Å². The van der Waals surface area contributed by atoms with Gasteiger partial charge in [-0.15, -0.1) is 0 Å². The third kappa shape index (κ3) is 3.42. The predicted octanol–water partition coefficient (Wildman–Crippen LogP) is 5.28. The van der Waals surface area contributed by atoms with Crippen molar-refractivity contribution in [3.05, 3.63) is 74.4 Å². The number of hydrogen-bond donors (Lipinski definition) is 0. The van der Waals surface area contributed by atoms with Crippen molar-refractivity contribution in [2.24, 2.45) is 5.10 Å². The molecule has 5 nitrogen and oxygen atoms in total. The fourth-order valence-electron chi connectivity index (χ4n) is 3.84. The number of hydrogen-bond acceptors (Lipinski definition) is 3. The molecule has 2 aromatic heterocycles. The van der Waals surface area contributed by atoms with Crippen molar-refractivity contribution in [2.75, 3.05) is 0 Å². The first-order valence-corrected chi connectivity index (χ1v) is 10.7. The number of aryl methyl sites for hydroxylation is 2. The summed E-state index contributed by atoms with van der Waals surface area (Å²) in [7, 11) is 0. The highest BCUT2D eigenvalue weighted by molar-refractivity contribution is 9.10. The number of rotatable bonds is 5. The second kappa shape index (κ2) is 7.95. The molecule has 0 radical (unpaired) electrons. The Bertz CT molecular complexity index is 1300. The molecule has 2 aromatic carbocycles. The van der Waals surface area contributed by atoms with Crippen LogP contribution in [-0.4, -0.2) is 20.4 Å². The molecule has 4 aromatic rings. The second-order valence-electron chi connectivity index (χ2n) is 7.06. The van der Waals surface area contributed by atoms with Gasteiger partial charge in [0.1, 0.15) is 5.82 Å². The molecule has 29 heavy (non-hydrogen) atoms. The first kappa shape index (κ1) is 19.6. The smallest absolute Gasteiger partial charge is 0.282 e. The number of fused-ring (bicyclic) bond motifs is 2. The van der Waals surface area contributed by atoms with E-state index < -0.39 is 0 Å². The topological polar surface area (TPSA) is 52.2 Å². The number of para-hydroxylation sites is 1. The molecule has 0 aliphatic rings. The van der Waals surface area contributed by atoms with Gasteiger partial charge in [-0.2, -0.15) is 9.78 Å². The number of benzene rings is 2. The Balaban J connectivity index is 1.92. The summed E-state index contributed by atoms with van der Waals surface area (Å²) < 4.78 is 4.57. The average Bonchev–Trinajstić information content (AvgIpc) is 2.99. The molecule has 0 fully saturated rings. The third-order valence-electron chi connectivity index (χ3n) is 5.25. The van der Waals surface area contributed by atoms with Gasteiger partial charge >= 0.3 is 0 Å². The first-order valence-electron chi connectivity index (χ1n) is 9.88. The van der Waals surface area contributed by atoms with Crippen LogP contribution in [0.3, 0.4) is 0 Å². The van der Waals surface area contributed by atoms with Gasteiger partial charge in [-0.3, -0.25) is 4.79 Å². The quantitative estimate of drug-likeness (QED) is 0.388. The lowest BCUT2D eigenvalue weighted by Gasteiger charge is -2.08. The molecule has 0 atom stereocenters. The van der Waals surface area contributed by atoms with Gasteiger partial charge in [0.05, 0.1) is 17.1 Å². The van der Waals surface area contributed by atoms with E-state index in [1.54, 1.807) is 12.3 Å². The normalized spacial score (nSPS) is 11.9. The predicted molar refractivity (Wildman–Crippen MR) is 123 cm³/mol. The summed E-state index contributed by atoms with van der Waals surface area (Å²) in [6, 6.07) is 13.9. The molecule has 4 rings (SSSR count). The highest BCUT2D eigenvalue weighted by Gasteiger charge is 2.13. The number of nitrogens with zero attached hydrogens (tertiary/aromatic N) is 4. The zero-order chi connectivity index (χ0) is 20.5. The maximum atomic E-state index is 13.2. The van der Waals surface area contributed by atoms with E-state index >= 15 is 0 Å². The summed E-state index contributed by atoms with van der Waals surface area (Å²) in [6.45, 7) is 7.18. The molecule has 0 bridgehead atoms. The maximum absolute atomic E-state index is 13.2. The van der Waals surface area contributed by atoms with Crippen molar-refractivity contribution in [1.29, 1.82) is 0 Å². The molecule has 148 valence electrons. The lowest BCUT2D eigenvalue weighted by molar-refractivity contribution is 0.703. The summed E-state index contributed by atoms with van der Waals surface area (Å²) in [6.07, 6.45) is 3.38. The van der Waals surface area contributed by atoms with Crippen molar-refractivity contribution in [1.82, 2.24) is 14.2 Å². The summed E-state index contributed by atoms with van der Waals surface area (Å²) in [4.78, 5) is 17.9. The Morgan fingerprint density at radius 2 is 1.93 bits per heavy atom. The van der Waals surface area contributed by atoms with Crippen LogP contribution in [0, 0.1) is 6.92 Å². The van der Waals surface area contributed by atoms with Crippen LogP contribution in [0.15, 0.2) is 56.8 Å². The summed E-state index contributed by atoms with van der Waals surface area (Å²) >= 11 is 3.45. The van der Waals surface area contributed by atoms with Gasteiger partial charge in [0.25, 0.3) is 5.56 Å². The zero-order valence-corrected chi connectivity index (χ0v) is 18.4. The Kier molecular flexibility index (Phi) is 5.37. The van der Waals surface area contributed by atoms with Crippen LogP contribution in [0.1, 0.15) is 37.4 Å². The van der Waals surface area contributed by atoms with E-state index in [1.807, 2.05) is 24.3 Å². The number of halogens is 1. The van der Waals surface area contributed by atoms with Gasteiger partial charge < -0.3 is 4.57 Å². The minimum atomic E-state index is -0.145. The molecule has 0 unspecified atom stereocenters. The fourth-order valence-corrected chi connectivity index (χ4v) is 4.20. The number of aromatic nitrogens is 3. The third-order valence-corrected chi connectivity index (χ3v) is 5.74. The van der Waals surface area contributed by atoms with Crippen LogP contribution < -0.4 is 5.56 Å². The first-order chi connectivity index (χ1) is 14.0. The molecular formula is C23H23BrN4O. The highest BCUT2D eigenvalue weighted by atomic mass is 79.9. The molecular weight excluding hydrogens is 428 g/mol. The van der Waals surface area contributed by atoms with Crippen molar-refractivity contribution < 1.29 is 0 Å². The highest BCUT2D eigenvalue weighted by Crippen LogP contribution is 2.24. The molecule has 0 amide bonds. The van der Waals surface area contributed by atoms with E-state index in [2.05, 4.69) is 58.5 Å². The second-order valence-corrected chi connectivity index (χ2v) is 7.98. The lowest BCUT2D eigenvalue weighted by Crippen LogP contribution is -2.22. The Hall–Kier alpha value is -2.73. The van der Waals surface area contributed by atoms with Gasteiger partial charge in [0, 0.05) is 39.6 Å². The standard InChI is InChI=1S/C23H23BrN4O/c1-4-8-22-26-20-12-11-16(24)13-18(20)23(29)28(22)25-14-19-15(3)27(5-2)21-10-7-6-9-17(19)21/h6-7,9-14H,4-5,8H2,1-3H3. The van der Waals surface area contributed by atoms with Crippen molar-refractivity contribution in [3.8, 4) is 0 Å². The van der Waals surface area contributed by atoms with Gasteiger partial charge in [-0.25, -0.2) is 4.98 Å². The Morgan fingerprint density at radius 3 is 2.69 bits per heavy atom. The molecule has 0 saturated heterocycles. The largest absolute Gasteiger partial charge is 0.344 e. The average molecular weight is 451 g/mol. The van der Waals surface area contributed by atoms with Gasteiger partial charge in [0.15, 0.2) is 0 Å². The van der Waals surface area contributed by atoms with E-state index in [4.69, 9.17) is 4.98 Å². The lowest BCUT2D eigenvalue weighted by atomic mass is 10.1. The maximum Gasteiger partial charge on any atom is 0.282 e. The van der Waals surface area contributed by atoms with Crippen LogP contribution in [0.4, 0.5) is 0 Å². The minimum absolute atomic E-state index is 0.145. The van der Waals surface area contributed by atoms with Crippen molar-refractivity contribution in [3.63, 3.8) is 0 Å². The van der Waals surface area contributed by atoms with Crippen LogP contribution in [-0.2, 0) is 13.0 Å². The summed E-state index contributed by atoms with van der Waals surface area (Å²) in [5.41, 5.74) is 3.90. The van der Waals surface area contributed by atoms with Gasteiger partial charge in [0.2, 0.25) is 0 Å². The molecule has 0 aliphatic carbocycles. The Labute approximate surface area is 177 Å². The monoisotopic (exact) mass is 450 g/mol. The van der Waals surface area contributed by atoms with E-state index in [0.29, 0.717) is 23.1 Å². The van der Waals surface area contributed by atoms with Crippen molar-refractivity contribution in [2.45, 2.75) is 40.2 Å². The summed E-state index contributed by atoms with van der Waals surface area (Å²) in [5.74, 6) is 0.681. The zero-order valence-electron chi connectivity index (χ0n) is 16.8. The Morgan fingerprint density at radius 1 is 1.14 bits per heavy atom. The molecule has 0 N–H and O–H groups in total. The van der Waals surface area contributed by atoms with Crippen LogP contribution in [0.25, 0.3) is 21.8 Å². The van der Waals surface area contributed by atoms with E-state index in [9.17, 15) is 4.79 Å². The molecule has 0 aliphatic heterocycles. The van der Waals surface area contributed by atoms with Crippen LogP contribution >= 0.6 is 15.9 Å². The van der Waals surface area contributed by atoms with E-state index in [0.717, 1.165) is 34.1 Å². The van der Waals surface area contributed by atoms with E-state index in [1.165, 1.54) is 10.2 Å².